The number of fused-ring (bicyclic) bond motifs is 1. The molecule has 1 amide bonds. The molecule has 3 aromatic carbocycles. The first-order valence-electron chi connectivity index (χ1n) is 12.5. The van der Waals surface area contributed by atoms with Crippen LogP contribution in [0.1, 0.15) is 18.4 Å². The number of sulfonamides is 2. The third kappa shape index (κ3) is 5.58. The van der Waals surface area contributed by atoms with Crippen molar-refractivity contribution in [3.05, 3.63) is 78.4 Å². The van der Waals surface area contributed by atoms with Crippen LogP contribution in [0.3, 0.4) is 0 Å². The molecule has 0 aromatic heterocycles. The molecule has 1 N–H and O–H groups in total. The van der Waals surface area contributed by atoms with E-state index in [1.54, 1.807) is 54.6 Å². The molecule has 0 bridgehead atoms. The number of carbonyl (C=O) groups excluding carboxylic acids is 1. The van der Waals surface area contributed by atoms with E-state index in [4.69, 9.17) is 9.47 Å². The molecular formula is C27H29N3O7S2. The largest absolute Gasteiger partial charge is 0.495 e. The van der Waals surface area contributed by atoms with Gasteiger partial charge >= 0.3 is 0 Å². The first-order valence-corrected chi connectivity index (χ1v) is 15.5. The van der Waals surface area contributed by atoms with E-state index in [0.717, 1.165) is 12.8 Å². The van der Waals surface area contributed by atoms with Gasteiger partial charge in [0.25, 0.3) is 5.91 Å². The minimum absolute atomic E-state index is 0.0301. The summed E-state index contributed by atoms with van der Waals surface area (Å²) in [5.74, 6) is -0.384. The average molecular weight is 572 g/mol. The highest BCUT2D eigenvalue weighted by Gasteiger charge is 2.37. The number of rotatable bonds is 8. The van der Waals surface area contributed by atoms with Crippen molar-refractivity contribution in [2.75, 3.05) is 36.4 Å². The molecule has 206 valence electrons. The highest BCUT2D eigenvalue weighted by Crippen LogP contribution is 2.37. The summed E-state index contributed by atoms with van der Waals surface area (Å²) in [6, 6.07) is 19.7. The van der Waals surface area contributed by atoms with Crippen molar-refractivity contribution in [3.8, 4) is 11.5 Å². The zero-order valence-electron chi connectivity index (χ0n) is 21.3. The van der Waals surface area contributed by atoms with Gasteiger partial charge in [-0.05, 0) is 48.7 Å². The maximum absolute atomic E-state index is 13.5. The second-order valence-corrected chi connectivity index (χ2v) is 13.1. The molecule has 39 heavy (non-hydrogen) atoms. The van der Waals surface area contributed by atoms with Crippen LogP contribution in [0.5, 0.6) is 11.5 Å². The van der Waals surface area contributed by atoms with Crippen molar-refractivity contribution in [1.29, 1.82) is 0 Å². The predicted molar refractivity (Wildman–Crippen MR) is 147 cm³/mol. The zero-order valence-corrected chi connectivity index (χ0v) is 22.9. The Balaban J connectivity index is 1.42. The maximum atomic E-state index is 13.5. The van der Waals surface area contributed by atoms with Crippen LogP contribution in [0.15, 0.2) is 77.7 Å². The highest BCUT2D eigenvalue weighted by atomic mass is 32.2. The second-order valence-electron chi connectivity index (χ2n) is 9.31. The number of nitrogens with one attached hydrogen (secondary N) is 1. The quantitative estimate of drug-likeness (QED) is 0.441. The van der Waals surface area contributed by atoms with Gasteiger partial charge in [0.15, 0.2) is 6.10 Å². The van der Waals surface area contributed by atoms with E-state index in [2.05, 4.69) is 5.32 Å². The number of anilines is 2. The Kier molecular flexibility index (Phi) is 7.52. The summed E-state index contributed by atoms with van der Waals surface area (Å²) in [6.07, 6.45) is 0.390. The summed E-state index contributed by atoms with van der Waals surface area (Å²) < 4.78 is 67.0. The van der Waals surface area contributed by atoms with Crippen molar-refractivity contribution in [3.63, 3.8) is 0 Å². The lowest BCUT2D eigenvalue weighted by Gasteiger charge is -2.34. The van der Waals surface area contributed by atoms with E-state index < -0.39 is 32.1 Å². The summed E-state index contributed by atoms with van der Waals surface area (Å²) in [6.45, 7) is 0.628. The smallest absolute Gasteiger partial charge is 0.267 e. The summed E-state index contributed by atoms with van der Waals surface area (Å²) >= 11 is 0. The molecule has 0 radical (unpaired) electrons. The van der Waals surface area contributed by atoms with Gasteiger partial charge in [-0.3, -0.25) is 9.10 Å². The molecule has 10 nitrogen and oxygen atoms in total. The Hall–Kier alpha value is -3.61. The summed E-state index contributed by atoms with van der Waals surface area (Å²) in [7, 11) is -6.20. The molecule has 5 rings (SSSR count). The number of nitrogens with zero attached hydrogens (tertiary/aromatic N) is 2. The average Bonchev–Trinajstić information content (AvgIpc) is 3.49. The van der Waals surface area contributed by atoms with Crippen LogP contribution < -0.4 is 19.1 Å². The van der Waals surface area contributed by atoms with Crippen LogP contribution in [-0.2, 0) is 30.6 Å². The molecule has 1 saturated heterocycles. The molecule has 1 atom stereocenters. The van der Waals surface area contributed by atoms with Gasteiger partial charge < -0.3 is 14.8 Å². The van der Waals surface area contributed by atoms with Crippen LogP contribution in [-0.4, -0.2) is 59.9 Å². The highest BCUT2D eigenvalue weighted by molar-refractivity contribution is 7.92. The van der Waals surface area contributed by atoms with Crippen molar-refractivity contribution in [1.82, 2.24) is 4.31 Å². The Morgan fingerprint density at radius 3 is 2.38 bits per heavy atom. The van der Waals surface area contributed by atoms with E-state index in [0.29, 0.717) is 24.3 Å². The lowest BCUT2D eigenvalue weighted by atomic mass is 10.2. The van der Waals surface area contributed by atoms with Crippen molar-refractivity contribution in [2.45, 2.75) is 29.6 Å². The monoisotopic (exact) mass is 571 g/mol. The Labute approximate surface area is 228 Å². The van der Waals surface area contributed by atoms with Crippen molar-refractivity contribution < 1.29 is 31.1 Å². The molecular weight excluding hydrogens is 542 g/mol. The SMILES string of the molecule is COc1ccc(S(=O)(=O)N2CCCC2)cc1NC(=O)[C@@H]1CN(S(=O)(=O)Cc2ccccc2)c2ccccc2O1. The molecule has 1 fully saturated rings. The fraction of sp³-hybridized carbons (Fsp3) is 0.296. The number of carbonyl (C=O) groups is 1. The first-order chi connectivity index (χ1) is 18.7. The summed E-state index contributed by atoms with van der Waals surface area (Å²) in [5, 5.41) is 2.69. The molecule has 0 aliphatic carbocycles. The normalized spacial score (nSPS) is 17.8. The van der Waals surface area contributed by atoms with Gasteiger partial charge in [0.05, 0.1) is 35.7 Å². The number of hydrogen-bond acceptors (Lipinski definition) is 7. The minimum Gasteiger partial charge on any atom is -0.495 e. The molecule has 2 heterocycles. The van der Waals surface area contributed by atoms with Crippen LogP contribution in [0.2, 0.25) is 0 Å². The molecule has 0 unspecified atom stereocenters. The molecule has 0 saturated carbocycles. The number of ether oxygens (including phenoxy) is 2. The van der Waals surface area contributed by atoms with Crippen LogP contribution >= 0.6 is 0 Å². The zero-order chi connectivity index (χ0) is 27.6. The van der Waals surface area contributed by atoms with E-state index >= 15 is 0 Å². The van der Waals surface area contributed by atoms with Crippen LogP contribution in [0.25, 0.3) is 0 Å². The van der Waals surface area contributed by atoms with E-state index in [1.165, 1.54) is 33.9 Å². The number of hydrogen-bond donors (Lipinski definition) is 1. The molecule has 2 aliphatic rings. The number of para-hydroxylation sites is 2. The Bertz CT molecular complexity index is 1570. The van der Waals surface area contributed by atoms with Crippen molar-refractivity contribution >= 4 is 37.3 Å². The fourth-order valence-corrected chi connectivity index (χ4v) is 7.83. The van der Waals surface area contributed by atoms with Gasteiger partial charge in [-0.15, -0.1) is 0 Å². The lowest BCUT2D eigenvalue weighted by Crippen LogP contribution is -2.49. The predicted octanol–water partition coefficient (Wildman–Crippen LogP) is 3.22. The van der Waals surface area contributed by atoms with Gasteiger partial charge in [-0.1, -0.05) is 42.5 Å². The third-order valence-electron chi connectivity index (χ3n) is 6.69. The number of amides is 1. The molecule has 3 aromatic rings. The minimum atomic E-state index is -3.87. The Morgan fingerprint density at radius 2 is 1.67 bits per heavy atom. The van der Waals surface area contributed by atoms with E-state index in [1.807, 2.05) is 0 Å². The van der Waals surface area contributed by atoms with E-state index in [-0.39, 0.29) is 34.4 Å². The van der Waals surface area contributed by atoms with Crippen LogP contribution in [0, 0.1) is 0 Å². The molecule has 2 aliphatic heterocycles. The topological polar surface area (TPSA) is 122 Å². The lowest BCUT2D eigenvalue weighted by molar-refractivity contribution is -0.122. The second kappa shape index (κ2) is 10.9. The van der Waals surface area contributed by atoms with Gasteiger partial charge in [0.1, 0.15) is 11.5 Å². The van der Waals surface area contributed by atoms with Crippen molar-refractivity contribution in [2.24, 2.45) is 0 Å². The first kappa shape index (κ1) is 27.0. The van der Waals surface area contributed by atoms with Gasteiger partial charge in [0.2, 0.25) is 20.0 Å². The standard InChI is InChI=1S/C27H29N3O7S2/c1-36-24-14-13-21(39(34,35)29-15-7-8-16-29)17-22(24)28-27(31)26-18-30(23-11-5-6-12-25(23)37-26)38(32,33)19-20-9-3-2-4-10-20/h2-6,9-14,17,26H,7-8,15-16,18-19H2,1H3,(H,28,31)/t26-/m0/s1. The summed E-state index contributed by atoms with van der Waals surface area (Å²) in [4.78, 5) is 13.5. The molecule has 12 heteroatoms. The van der Waals surface area contributed by atoms with Gasteiger partial charge in [-0.2, -0.15) is 4.31 Å². The molecule has 0 spiro atoms. The fourth-order valence-electron chi connectivity index (χ4n) is 4.70. The van der Waals surface area contributed by atoms with Gasteiger partial charge in [-0.25, -0.2) is 16.8 Å². The van der Waals surface area contributed by atoms with Gasteiger partial charge in [0, 0.05) is 13.1 Å². The number of methoxy groups -OCH3 is 1. The Morgan fingerprint density at radius 1 is 0.974 bits per heavy atom. The van der Waals surface area contributed by atoms with Crippen LogP contribution in [0.4, 0.5) is 11.4 Å². The summed E-state index contributed by atoms with van der Waals surface area (Å²) in [5.41, 5.74) is 1.10. The maximum Gasteiger partial charge on any atom is 0.267 e. The number of benzene rings is 3. The van der Waals surface area contributed by atoms with E-state index in [9.17, 15) is 21.6 Å². The third-order valence-corrected chi connectivity index (χ3v) is 10.3.